The molecule has 0 aliphatic carbocycles. The number of carbonyl (C=O) groups excluding carboxylic acids is 1. The molecule has 0 aliphatic heterocycles. The molecular weight excluding hydrogens is 220 g/mol. The van der Waals surface area contributed by atoms with Gasteiger partial charge in [0, 0.05) is 11.3 Å². The third-order valence-corrected chi connectivity index (χ3v) is 2.18. The molecular formula is C12H12N2O3. The van der Waals surface area contributed by atoms with Crippen molar-refractivity contribution in [1.82, 2.24) is 5.16 Å². The van der Waals surface area contributed by atoms with Gasteiger partial charge in [-0.2, -0.15) is 0 Å². The lowest BCUT2D eigenvalue weighted by molar-refractivity contribution is -0.144. The van der Waals surface area contributed by atoms with Crippen LogP contribution in [0.5, 0.6) is 0 Å². The van der Waals surface area contributed by atoms with Gasteiger partial charge in [0.25, 0.3) is 0 Å². The molecule has 0 spiro atoms. The van der Waals surface area contributed by atoms with E-state index < -0.39 is 0 Å². The van der Waals surface area contributed by atoms with Gasteiger partial charge >= 0.3 is 5.97 Å². The molecule has 5 heteroatoms. The maximum Gasteiger partial charge on any atom is 0.310 e. The predicted molar refractivity (Wildman–Crippen MR) is 60.9 cm³/mol. The van der Waals surface area contributed by atoms with E-state index in [0.29, 0.717) is 5.69 Å². The fraction of sp³-hybridized carbons (Fsp3) is 0.167. The average molecular weight is 232 g/mol. The van der Waals surface area contributed by atoms with Crippen LogP contribution in [0.25, 0.3) is 0 Å². The number of anilines is 1. The van der Waals surface area contributed by atoms with Gasteiger partial charge in [0.1, 0.15) is 12.9 Å². The Labute approximate surface area is 98.2 Å². The number of benzene rings is 1. The lowest BCUT2D eigenvalue weighted by atomic mass is 10.1. The van der Waals surface area contributed by atoms with Crippen molar-refractivity contribution >= 4 is 11.7 Å². The number of nitrogens with two attached hydrogens (primary N) is 1. The summed E-state index contributed by atoms with van der Waals surface area (Å²) in [4.78, 5) is 11.5. The van der Waals surface area contributed by atoms with Crippen LogP contribution >= 0.6 is 0 Å². The van der Waals surface area contributed by atoms with E-state index in [1.54, 1.807) is 18.2 Å². The molecule has 5 nitrogen and oxygen atoms in total. The average Bonchev–Trinajstić information content (AvgIpc) is 2.79. The minimum Gasteiger partial charge on any atom is -0.460 e. The summed E-state index contributed by atoms with van der Waals surface area (Å²) >= 11 is 0. The van der Waals surface area contributed by atoms with E-state index in [4.69, 9.17) is 10.5 Å². The summed E-state index contributed by atoms with van der Waals surface area (Å²) in [7, 11) is 0. The second-order valence-corrected chi connectivity index (χ2v) is 3.62. The normalized spacial score (nSPS) is 10.1. The highest BCUT2D eigenvalue weighted by Crippen LogP contribution is 2.08. The van der Waals surface area contributed by atoms with Crippen LogP contribution in [0.3, 0.4) is 0 Å². The molecule has 2 N–H and O–H groups in total. The summed E-state index contributed by atoms with van der Waals surface area (Å²) in [5, 5.41) is 3.51. The van der Waals surface area contributed by atoms with Crippen LogP contribution in [0.2, 0.25) is 0 Å². The fourth-order valence-corrected chi connectivity index (χ4v) is 1.38. The van der Waals surface area contributed by atoms with Crippen LogP contribution in [0, 0.1) is 0 Å². The maximum atomic E-state index is 11.5. The second-order valence-electron chi connectivity index (χ2n) is 3.62. The highest BCUT2D eigenvalue weighted by atomic mass is 16.5. The minimum absolute atomic E-state index is 0.171. The fourth-order valence-electron chi connectivity index (χ4n) is 1.38. The van der Waals surface area contributed by atoms with Crippen molar-refractivity contribution in [3.05, 3.63) is 47.9 Å². The highest BCUT2D eigenvalue weighted by Gasteiger charge is 2.06. The largest absolute Gasteiger partial charge is 0.460 e. The Kier molecular flexibility index (Phi) is 3.40. The highest BCUT2D eigenvalue weighted by molar-refractivity contribution is 5.73. The zero-order valence-corrected chi connectivity index (χ0v) is 9.13. The van der Waals surface area contributed by atoms with E-state index in [1.165, 1.54) is 12.5 Å². The molecule has 0 bridgehead atoms. The Morgan fingerprint density at radius 1 is 1.41 bits per heavy atom. The van der Waals surface area contributed by atoms with Gasteiger partial charge < -0.3 is 15.0 Å². The molecule has 88 valence electrons. The van der Waals surface area contributed by atoms with Crippen molar-refractivity contribution in [2.45, 2.75) is 13.0 Å². The van der Waals surface area contributed by atoms with Gasteiger partial charge in [-0.1, -0.05) is 17.3 Å². The van der Waals surface area contributed by atoms with Crippen LogP contribution < -0.4 is 5.73 Å². The van der Waals surface area contributed by atoms with Gasteiger partial charge in [-0.05, 0) is 17.7 Å². The molecule has 1 aromatic heterocycles. The zero-order chi connectivity index (χ0) is 12.1. The first-order valence-corrected chi connectivity index (χ1v) is 5.12. The molecule has 2 rings (SSSR count). The van der Waals surface area contributed by atoms with E-state index in [1.807, 2.05) is 6.07 Å². The number of hydrogen-bond donors (Lipinski definition) is 1. The van der Waals surface area contributed by atoms with E-state index >= 15 is 0 Å². The first-order chi connectivity index (χ1) is 8.24. The number of hydrogen-bond acceptors (Lipinski definition) is 5. The van der Waals surface area contributed by atoms with E-state index in [0.717, 1.165) is 11.1 Å². The topological polar surface area (TPSA) is 78.4 Å². The van der Waals surface area contributed by atoms with E-state index in [2.05, 4.69) is 9.68 Å². The van der Waals surface area contributed by atoms with Crippen molar-refractivity contribution in [2.75, 3.05) is 5.73 Å². The third kappa shape index (κ3) is 3.34. The molecule has 0 amide bonds. The van der Waals surface area contributed by atoms with Gasteiger partial charge in [-0.15, -0.1) is 0 Å². The Balaban J connectivity index is 1.85. The number of rotatable bonds is 4. The van der Waals surface area contributed by atoms with E-state index in [9.17, 15) is 4.79 Å². The van der Waals surface area contributed by atoms with Crippen molar-refractivity contribution in [3.63, 3.8) is 0 Å². The number of nitrogen functional groups attached to an aromatic ring is 1. The maximum absolute atomic E-state index is 11.5. The summed E-state index contributed by atoms with van der Waals surface area (Å²) in [5.41, 5.74) is 7.81. The Hall–Kier alpha value is -2.30. The third-order valence-electron chi connectivity index (χ3n) is 2.18. The summed E-state index contributed by atoms with van der Waals surface area (Å²) in [5.74, 6) is -0.309. The molecule has 0 fully saturated rings. The number of esters is 1. The summed E-state index contributed by atoms with van der Waals surface area (Å²) in [6.45, 7) is 0.171. The van der Waals surface area contributed by atoms with Crippen LogP contribution in [0.4, 0.5) is 5.69 Å². The number of ether oxygens (including phenoxy) is 1. The van der Waals surface area contributed by atoms with Crippen LogP contribution in [0.1, 0.15) is 11.1 Å². The minimum atomic E-state index is -0.309. The van der Waals surface area contributed by atoms with Gasteiger partial charge in [0.15, 0.2) is 0 Å². The first-order valence-electron chi connectivity index (χ1n) is 5.12. The predicted octanol–water partition coefficient (Wildman–Crippen LogP) is 1.54. The van der Waals surface area contributed by atoms with Crippen LogP contribution in [-0.2, 0) is 22.6 Å². The summed E-state index contributed by atoms with van der Waals surface area (Å²) in [6.07, 6.45) is 3.15. The zero-order valence-electron chi connectivity index (χ0n) is 9.13. The molecule has 0 atom stereocenters. The smallest absolute Gasteiger partial charge is 0.310 e. The van der Waals surface area contributed by atoms with Gasteiger partial charge in [-0.25, -0.2) is 0 Å². The van der Waals surface area contributed by atoms with Crippen LogP contribution in [-0.4, -0.2) is 11.1 Å². The van der Waals surface area contributed by atoms with Crippen molar-refractivity contribution < 1.29 is 14.1 Å². The van der Waals surface area contributed by atoms with Crippen molar-refractivity contribution in [1.29, 1.82) is 0 Å². The van der Waals surface area contributed by atoms with Gasteiger partial charge in [0.2, 0.25) is 0 Å². The monoisotopic (exact) mass is 232 g/mol. The van der Waals surface area contributed by atoms with Crippen LogP contribution in [0.15, 0.2) is 41.2 Å². The van der Waals surface area contributed by atoms with Gasteiger partial charge in [0.05, 0.1) is 12.6 Å². The molecule has 1 heterocycles. The molecule has 1 aromatic carbocycles. The second kappa shape index (κ2) is 5.16. The number of nitrogens with zero attached hydrogens (tertiary/aromatic N) is 1. The number of carbonyl (C=O) groups is 1. The van der Waals surface area contributed by atoms with Crippen molar-refractivity contribution in [3.8, 4) is 0 Å². The summed E-state index contributed by atoms with van der Waals surface area (Å²) in [6, 6.07) is 7.15. The van der Waals surface area contributed by atoms with Gasteiger partial charge in [-0.3, -0.25) is 4.79 Å². The Morgan fingerprint density at radius 2 is 2.29 bits per heavy atom. The Morgan fingerprint density at radius 3 is 3.00 bits per heavy atom. The lowest BCUT2D eigenvalue weighted by Crippen LogP contribution is -2.07. The molecule has 0 saturated carbocycles. The molecule has 0 aliphatic rings. The molecule has 17 heavy (non-hydrogen) atoms. The molecule has 0 saturated heterocycles. The number of aromatic nitrogens is 1. The quantitative estimate of drug-likeness (QED) is 0.639. The SMILES string of the molecule is Nc1cccc(CC(=O)OCc2cnoc2)c1. The molecule has 2 aromatic rings. The summed E-state index contributed by atoms with van der Waals surface area (Å²) < 4.78 is 9.67. The van der Waals surface area contributed by atoms with E-state index in [-0.39, 0.29) is 19.0 Å². The lowest BCUT2D eigenvalue weighted by Gasteiger charge is -2.03. The first kappa shape index (κ1) is 11.2. The van der Waals surface area contributed by atoms with Crippen molar-refractivity contribution in [2.24, 2.45) is 0 Å². The Bertz CT molecular complexity index is 494. The standard InChI is InChI=1S/C12H12N2O3/c13-11-3-1-2-9(4-11)5-12(15)16-7-10-6-14-17-8-10/h1-4,6,8H,5,7,13H2. The molecule has 0 unspecified atom stereocenters. The molecule has 0 radical (unpaired) electrons.